The highest BCUT2D eigenvalue weighted by Crippen LogP contribution is 2.16. The average molecular weight is 1040 g/mol. The van der Waals surface area contributed by atoms with Gasteiger partial charge >= 0.3 is 17.9 Å². The maximum absolute atomic E-state index is 12.9. The van der Waals surface area contributed by atoms with Crippen molar-refractivity contribution in [1.82, 2.24) is 0 Å². The molecule has 0 saturated heterocycles. The van der Waals surface area contributed by atoms with E-state index in [9.17, 15) is 14.4 Å². The van der Waals surface area contributed by atoms with Crippen LogP contribution in [0.4, 0.5) is 0 Å². The third-order valence-electron chi connectivity index (χ3n) is 13.3. The van der Waals surface area contributed by atoms with E-state index in [-0.39, 0.29) is 37.5 Å². The molecule has 0 rings (SSSR count). The monoisotopic (exact) mass is 1040 g/mol. The molecule has 428 valence electrons. The zero-order valence-corrected chi connectivity index (χ0v) is 49.0. The molecule has 0 amide bonds. The van der Waals surface area contributed by atoms with E-state index < -0.39 is 6.10 Å². The second-order valence-electron chi connectivity index (χ2n) is 20.5. The number of ether oxygens (including phenoxy) is 3. The maximum Gasteiger partial charge on any atom is 0.306 e. The summed E-state index contributed by atoms with van der Waals surface area (Å²) in [7, 11) is 0. The normalized spacial score (nSPS) is 12.8. The Morgan fingerprint density at radius 2 is 0.547 bits per heavy atom. The molecule has 0 aromatic carbocycles. The van der Waals surface area contributed by atoms with E-state index in [0.717, 1.165) is 96.3 Å². The Morgan fingerprint density at radius 3 is 0.907 bits per heavy atom. The van der Waals surface area contributed by atoms with Gasteiger partial charge in [0.15, 0.2) is 6.10 Å². The molecule has 0 bridgehead atoms. The highest BCUT2D eigenvalue weighted by molar-refractivity contribution is 5.71. The third-order valence-corrected chi connectivity index (χ3v) is 13.3. The molecule has 0 aromatic heterocycles. The van der Waals surface area contributed by atoms with Crippen LogP contribution in [0.15, 0.2) is 109 Å². The van der Waals surface area contributed by atoms with Gasteiger partial charge in [-0.05, 0) is 109 Å². The van der Waals surface area contributed by atoms with Crippen molar-refractivity contribution in [2.45, 2.75) is 297 Å². The fourth-order valence-corrected chi connectivity index (χ4v) is 8.62. The van der Waals surface area contributed by atoms with Crippen molar-refractivity contribution in [3.63, 3.8) is 0 Å². The Balaban J connectivity index is 4.38. The van der Waals surface area contributed by atoms with E-state index in [1.165, 1.54) is 148 Å². The second-order valence-corrected chi connectivity index (χ2v) is 20.5. The first-order valence-electron chi connectivity index (χ1n) is 31.4. The van der Waals surface area contributed by atoms with Crippen LogP contribution in [0.5, 0.6) is 0 Å². The lowest BCUT2D eigenvalue weighted by atomic mass is 10.0. The van der Waals surface area contributed by atoms with Gasteiger partial charge in [-0.1, -0.05) is 271 Å². The lowest BCUT2D eigenvalue weighted by molar-refractivity contribution is -0.166. The predicted molar refractivity (Wildman–Crippen MR) is 325 cm³/mol. The standard InChI is InChI=1S/C69H116O6/c1-4-7-10-13-16-19-22-25-27-29-31-33-34-36-37-39-41-44-47-50-53-56-59-62-68(71)74-65-66(64-73-67(70)61-58-55-52-49-46-43-24-21-18-15-12-9-6-3)75-69(72)63-60-57-54-51-48-45-42-40-38-35-32-30-28-26-23-20-17-14-11-8-5-2/h8-9,11-12,17-18,20-21,26,28-29,31-32,35,43,46,52,55,66H,4-7,10,13-16,19,22-25,27,30,33-34,36-42,44-45,47-51,53-54,56-65H2,1-3H3/b11-8-,12-9-,20-17-,21-18-,28-26-,31-29-,35-32-,46-43-,55-52-. The number of esters is 3. The smallest absolute Gasteiger partial charge is 0.306 e. The third kappa shape index (κ3) is 60.8. The van der Waals surface area contributed by atoms with Gasteiger partial charge in [0.1, 0.15) is 13.2 Å². The van der Waals surface area contributed by atoms with Crippen molar-refractivity contribution in [2.75, 3.05) is 13.2 Å². The summed E-state index contributed by atoms with van der Waals surface area (Å²) in [6, 6.07) is 0. The SMILES string of the molecule is CC/C=C\C/C=C\C/C=C\C/C=C\CCCCCCCCCCC(=O)OC(COC(=O)CC/C=C\C/C=C\C/C=C\C/C=C\CC)COC(=O)CCCCCCCCCCCCC/C=C\CCCCCCCCCC. The van der Waals surface area contributed by atoms with Crippen LogP contribution in [0.25, 0.3) is 0 Å². The van der Waals surface area contributed by atoms with E-state index in [0.29, 0.717) is 19.3 Å². The van der Waals surface area contributed by atoms with Crippen molar-refractivity contribution < 1.29 is 28.6 Å². The topological polar surface area (TPSA) is 78.9 Å². The molecule has 0 aliphatic rings. The number of hydrogen-bond donors (Lipinski definition) is 0. The minimum atomic E-state index is -0.814. The van der Waals surface area contributed by atoms with Crippen LogP contribution in [0.1, 0.15) is 290 Å². The largest absolute Gasteiger partial charge is 0.462 e. The van der Waals surface area contributed by atoms with E-state index >= 15 is 0 Å². The van der Waals surface area contributed by atoms with E-state index in [2.05, 4.69) is 124 Å². The molecule has 0 aromatic rings. The molecular formula is C69H116O6. The Labute approximate surface area is 463 Å². The lowest BCUT2D eigenvalue weighted by Gasteiger charge is -2.18. The number of rotatable bonds is 56. The molecule has 6 nitrogen and oxygen atoms in total. The molecule has 1 unspecified atom stereocenters. The second kappa shape index (κ2) is 62.6. The van der Waals surface area contributed by atoms with E-state index in [4.69, 9.17) is 14.2 Å². The van der Waals surface area contributed by atoms with Gasteiger partial charge in [-0.15, -0.1) is 0 Å². The molecule has 0 fully saturated rings. The number of hydrogen-bond acceptors (Lipinski definition) is 6. The number of allylic oxidation sites excluding steroid dienone is 18. The molecule has 75 heavy (non-hydrogen) atoms. The van der Waals surface area contributed by atoms with Crippen LogP contribution in [0.2, 0.25) is 0 Å². The van der Waals surface area contributed by atoms with Gasteiger partial charge in [-0.2, -0.15) is 0 Å². The van der Waals surface area contributed by atoms with Crippen molar-refractivity contribution in [1.29, 1.82) is 0 Å². The lowest BCUT2D eigenvalue weighted by Crippen LogP contribution is -2.30. The summed E-state index contributed by atoms with van der Waals surface area (Å²) < 4.78 is 16.8. The van der Waals surface area contributed by atoms with Crippen LogP contribution in [-0.2, 0) is 28.6 Å². The number of carbonyl (C=O) groups excluding carboxylic acids is 3. The van der Waals surface area contributed by atoms with Crippen LogP contribution >= 0.6 is 0 Å². The zero-order chi connectivity index (χ0) is 54.3. The summed E-state index contributed by atoms with van der Waals surface area (Å²) >= 11 is 0. The van der Waals surface area contributed by atoms with Crippen molar-refractivity contribution in [2.24, 2.45) is 0 Å². The number of carbonyl (C=O) groups is 3. The van der Waals surface area contributed by atoms with E-state index in [1.807, 2.05) is 6.08 Å². The van der Waals surface area contributed by atoms with Gasteiger partial charge < -0.3 is 14.2 Å². The first-order valence-corrected chi connectivity index (χ1v) is 31.4. The number of unbranched alkanes of at least 4 members (excludes halogenated alkanes) is 27. The van der Waals surface area contributed by atoms with E-state index in [1.54, 1.807) is 0 Å². The molecule has 0 aliphatic carbocycles. The molecular weight excluding hydrogens is 925 g/mol. The van der Waals surface area contributed by atoms with Gasteiger partial charge in [0.05, 0.1) is 0 Å². The molecule has 0 spiro atoms. The van der Waals surface area contributed by atoms with Gasteiger partial charge in [-0.3, -0.25) is 14.4 Å². The summed E-state index contributed by atoms with van der Waals surface area (Å²) in [5, 5.41) is 0. The molecule has 0 heterocycles. The van der Waals surface area contributed by atoms with Crippen LogP contribution in [0.3, 0.4) is 0 Å². The minimum Gasteiger partial charge on any atom is -0.462 e. The first kappa shape index (κ1) is 71.1. The van der Waals surface area contributed by atoms with Crippen LogP contribution in [-0.4, -0.2) is 37.2 Å². The maximum atomic E-state index is 12.9. The Hall–Kier alpha value is -3.93. The Bertz CT molecular complexity index is 1520. The van der Waals surface area contributed by atoms with Gasteiger partial charge in [0, 0.05) is 19.3 Å². The van der Waals surface area contributed by atoms with Crippen molar-refractivity contribution in [3.05, 3.63) is 109 Å². The fraction of sp³-hybridized carbons (Fsp3) is 0.696. The Morgan fingerprint density at radius 1 is 0.280 bits per heavy atom. The predicted octanol–water partition coefficient (Wildman–Crippen LogP) is 21.4. The van der Waals surface area contributed by atoms with Crippen molar-refractivity contribution in [3.8, 4) is 0 Å². The van der Waals surface area contributed by atoms with Gasteiger partial charge in [0.2, 0.25) is 0 Å². The van der Waals surface area contributed by atoms with Gasteiger partial charge in [-0.25, -0.2) is 0 Å². The first-order chi connectivity index (χ1) is 37.0. The molecule has 6 heteroatoms. The molecule has 1 atom stereocenters. The van der Waals surface area contributed by atoms with Crippen molar-refractivity contribution >= 4 is 17.9 Å². The van der Waals surface area contributed by atoms with Crippen LogP contribution < -0.4 is 0 Å². The molecule has 0 aliphatic heterocycles. The fourth-order valence-electron chi connectivity index (χ4n) is 8.62. The summed E-state index contributed by atoms with van der Waals surface area (Å²) in [5.41, 5.74) is 0. The summed E-state index contributed by atoms with van der Waals surface area (Å²) in [5.74, 6) is -0.993. The Kier molecular flexibility index (Phi) is 59.3. The highest BCUT2D eigenvalue weighted by atomic mass is 16.6. The molecule has 0 radical (unpaired) electrons. The zero-order valence-electron chi connectivity index (χ0n) is 49.0. The highest BCUT2D eigenvalue weighted by Gasteiger charge is 2.19. The summed E-state index contributed by atoms with van der Waals surface area (Å²) in [6.07, 6.45) is 85.4. The average Bonchev–Trinajstić information content (AvgIpc) is 3.41. The summed E-state index contributed by atoms with van der Waals surface area (Å²) in [4.78, 5) is 38.2. The molecule has 0 saturated carbocycles. The van der Waals surface area contributed by atoms with Gasteiger partial charge in [0.25, 0.3) is 0 Å². The summed E-state index contributed by atoms with van der Waals surface area (Å²) in [6.45, 7) is 6.36. The quantitative estimate of drug-likeness (QED) is 0.0261. The van der Waals surface area contributed by atoms with Crippen LogP contribution in [0, 0.1) is 0 Å². The minimum absolute atomic E-state index is 0.104. The molecule has 0 N–H and O–H groups in total.